The van der Waals surface area contributed by atoms with Gasteiger partial charge in [0.15, 0.2) is 0 Å². The summed E-state index contributed by atoms with van der Waals surface area (Å²) in [6, 6.07) is 9.29. The van der Waals surface area contributed by atoms with E-state index < -0.39 is 17.8 Å². The molecule has 0 bridgehead atoms. The van der Waals surface area contributed by atoms with E-state index in [9.17, 15) is 18.0 Å². The third kappa shape index (κ3) is 6.64. The standard InChI is InChI=1S/C23H25F3N4O3/c1-32-20-8-7-17(21(14-20)33-2)15-30(11-4-10-29-12-9-27-16-29)22(31)28-19-6-3-5-18(13-19)23(24,25)26/h3,5-9,12-14,16H,4,10-11,15H2,1-2H3,(H,28,31). The number of amides is 2. The lowest BCUT2D eigenvalue weighted by atomic mass is 10.1. The van der Waals surface area contributed by atoms with Crippen molar-refractivity contribution in [3.05, 3.63) is 72.3 Å². The molecule has 2 amide bonds. The van der Waals surface area contributed by atoms with Gasteiger partial charge in [0.25, 0.3) is 0 Å². The van der Waals surface area contributed by atoms with E-state index in [4.69, 9.17) is 9.47 Å². The molecular formula is C23H25F3N4O3. The van der Waals surface area contributed by atoms with E-state index in [1.54, 1.807) is 37.8 Å². The first-order valence-electron chi connectivity index (χ1n) is 10.2. The molecule has 0 spiro atoms. The van der Waals surface area contributed by atoms with Gasteiger partial charge in [-0.1, -0.05) is 6.07 Å². The molecule has 0 aliphatic rings. The Morgan fingerprint density at radius 3 is 2.64 bits per heavy atom. The number of carbonyl (C=O) groups is 1. The minimum Gasteiger partial charge on any atom is -0.497 e. The Hall–Kier alpha value is -3.69. The molecule has 0 fully saturated rings. The average molecular weight is 462 g/mol. The molecule has 0 aliphatic heterocycles. The second-order valence-corrected chi connectivity index (χ2v) is 7.26. The number of aromatic nitrogens is 2. The number of urea groups is 1. The molecule has 0 saturated heterocycles. The van der Waals surface area contributed by atoms with Crippen LogP contribution in [0.15, 0.2) is 61.2 Å². The molecule has 1 aromatic heterocycles. The highest BCUT2D eigenvalue weighted by atomic mass is 19.4. The van der Waals surface area contributed by atoms with Crippen molar-refractivity contribution in [1.29, 1.82) is 0 Å². The van der Waals surface area contributed by atoms with Crippen molar-refractivity contribution in [2.24, 2.45) is 0 Å². The molecule has 3 aromatic rings. The summed E-state index contributed by atoms with van der Waals surface area (Å²) in [5, 5.41) is 2.58. The maximum Gasteiger partial charge on any atom is 0.416 e. The summed E-state index contributed by atoms with van der Waals surface area (Å²) in [4.78, 5) is 18.6. The number of aryl methyl sites for hydroxylation is 1. The van der Waals surface area contributed by atoms with Gasteiger partial charge in [0, 0.05) is 42.8 Å². The third-order valence-electron chi connectivity index (χ3n) is 4.99. The summed E-state index contributed by atoms with van der Waals surface area (Å²) in [6.07, 6.45) is 1.28. The fraction of sp³-hybridized carbons (Fsp3) is 0.304. The zero-order valence-electron chi connectivity index (χ0n) is 18.3. The summed E-state index contributed by atoms with van der Waals surface area (Å²) >= 11 is 0. The van der Waals surface area contributed by atoms with Gasteiger partial charge in [-0.15, -0.1) is 0 Å². The lowest BCUT2D eigenvalue weighted by molar-refractivity contribution is -0.137. The molecule has 0 atom stereocenters. The number of nitrogens with zero attached hydrogens (tertiary/aromatic N) is 3. The predicted molar refractivity (Wildman–Crippen MR) is 117 cm³/mol. The predicted octanol–water partition coefficient (Wildman–Crippen LogP) is 5.04. The fourth-order valence-corrected chi connectivity index (χ4v) is 3.28. The molecule has 1 heterocycles. The number of alkyl halides is 3. The van der Waals surface area contributed by atoms with Gasteiger partial charge >= 0.3 is 12.2 Å². The summed E-state index contributed by atoms with van der Waals surface area (Å²) in [5.41, 5.74) is -0.0277. The van der Waals surface area contributed by atoms with Crippen LogP contribution >= 0.6 is 0 Å². The third-order valence-corrected chi connectivity index (χ3v) is 4.99. The molecule has 0 aliphatic carbocycles. The number of methoxy groups -OCH3 is 2. The normalized spacial score (nSPS) is 11.2. The number of hydrogen-bond donors (Lipinski definition) is 1. The Bertz CT molecular complexity index is 1060. The number of ether oxygens (including phenoxy) is 2. The van der Waals surface area contributed by atoms with Crippen molar-refractivity contribution >= 4 is 11.7 Å². The van der Waals surface area contributed by atoms with E-state index in [-0.39, 0.29) is 12.2 Å². The van der Waals surface area contributed by atoms with Crippen LogP contribution in [0.25, 0.3) is 0 Å². The van der Waals surface area contributed by atoms with Crippen molar-refractivity contribution in [2.45, 2.75) is 25.7 Å². The van der Waals surface area contributed by atoms with Crippen LogP contribution in [0.1, 0.15) is 17.5 Å². The molecule has 0 unspecified atom stereocenters. The highest BCUT2D eigenvalue weighted by Gasteiger charge is 2.30. The van der Waals surface area contributed by atoms with Crippen LogP contribution in [0.4, 0.5) is 23.7 Å². The van der Waals surface area contributed by atoms with Gasteiger partial charge in [0.05, 0.1) is 32.7 Å². The number of benzene rings is 2. The van der Waals surface area contributed by atoms with Gasteiger partial charge in [-0.05, 0) is 36.8 Å². The van der Waals surface area contributed by atoms with E-state index in [1.165, 1.54) is 24.1 Å². The first-order chi connectivity index (χ1) is 15.8. The zero-order chi connectivity index (χ0) is 23.8. The number of imidazole rings is 1. The number of anilines is 1. The Kier molecular flexibility index (Phi) is 7.81. The van der Waals surface area contributed by atoms with Crippen molar-refractivity contribution in [3.8, 4) is 11.5 Å². The molecular weight excluding hydrogens is 437 g/mol. The van der Waals surface area contributed by atoms with Gasteiger partial charge in [-0.2, -0.15) is 13.2 Å². The second kappa shape index (κ2) is 10.8. The van der Waals surface area contributed by atoms with Gasteiger partial charge in [0.1, 0.15) is 11.5 Å². The summed E-state index contributed by atoms with van der Waals surface area (Å²) in [7, 11) is 3.06. The average Bonchev–Trinajstić information content (AvgIpc) is 3.31. The number of nitrogens with one attached hydrogen (secondary N) is 1. The highest BCUT2D eigenvalue weighted by Crippen LogP contribution is 2.31. The van der Waals surface area contributed by atoms with E-state index >= 15 is 0 Å². The lowest BCUT2D eigenvalue weighted by Crippen LogP contribution is -2.35. The molecule has 33 heavy (non-hydrogen) atoms. The molecule has 7 nitrogen and oxygen atoms in total. The van der Waals surface area contributed by atoms with Crippen LogP contribution in [0, 0.1) is 0 Å². The zero-order valence-corrected chi connectivity index (χ0v) is 18.3. The molecule has 176 valence electrons. The molecule has 2 aromatic carbocycles. The van der Waals surface area contributed by atoms with E-state index in [0.29, 0.717) is 31.0 Å². The van der Waals surface area contributed by atoms with E-state index in [2.05, 4.69) is 10.3 Å². The Morgan fingerprint density at radius 1 is 1.15 bits per heavy atom. The summed E-state index contributed by atoms with van der Waals surface area (Å²) < 4.78 is 51.7. The largest absolute Gasteiger partial charge is 0.497 e. The van der Waals surface area contributed by atoms with Crippen LogP contribution < -0.4 is 14.8 Å². The molecule has 10 heteroatoms. The summed E-state index contributed by atoms with van der Waals surface area (Å²) in [5.74, 6) is 1.15. The topological polar surface area (TPSA) is 68.6 Å². The number of halogens is 3. The SMILES string of the molecule is COc1ccc(CN(CCCn2ccnc2)C(=O)Nc2cccc(C(F)(F)F)c2)c(OC)c1. The molecule has 3 rings (SSSR count). The molecule has 0 saturated carbocycles. The van der Waals surface area contributed by atoms with Crippen LogP contribution in [-0.4, -0.2) is 41.2 Å². The van der Waals surface area contributed by atoms with Crippen molar-refractivity contribution < 1.29 is 27.4 Å². The van der Waals surface area contributed by atoms with Crippen LogP contribution in [0.5, 0.6) is 11.5 Å². The van der Waals surface area contributed by atoms with Crippen LogP contribution in [-0.2, 0) is 19.3 Å². The maximum atomic E-state index is 13.0. The van der Waals surface area contributed by atoms with E-state index in [1.807, 2.05) is 10.8 Å². The minimum absolute atomic E-state index is 0.0659. The quantitative estimate of drug-likeness (QED) is 0.484. The highest BCUT2D eigenvalue weighted by molar-refractivity contribution is 5.89. The Balaban J connectivity index is 1.78. The van der Waals surface area contributed by atoms with Crippen molar-refractivity contribution in [1.82, 2.24) is 14.5 Å². The van der Waals surface area contributed by atoms with Crippen LogP contribution in [0.2, 0.25) is 0 Å². The van der Waals surface area contributed by atoms with E-state index in [0.717, 1.165) is 17.7 Å². The van der Waals surface area contributed by atoms with Crippen molar-refractivity contribution in [2.75, 3.05) is 26.1 Å². The van der Waals surface area contributed by atoms with Crippen LogP contribution in [0.3, 0.4) is 0 Å². The second-order valence-electron chi connectivity index (χ2n) is 7.26. The maximum absolute atomic E-state index is 13.0. The van der Waals surface area contributed by atoms with Gasteiger partial charge in [0.2, 0.25) is 0 Å². The first-order valence-corrected chi connectivity index (χ1v) is 10.2. The first kappa shape index (κ1) is 24.0. The van der Waals surface area contributed by atoms with Gasteiger partial charge < -0.3 is 24.3 Å². The molecule has 1 N–H and O–H groups in total. The minimum atomic E-state index is -4.50. The number of carbonyl (C=O) groups excluding carboxylic acids is 1. The molecule has 0 radical (unpaired) electrons. The Morgan fingerprint density at radius 2 is 1.97 bits per heavy atom. The smallest absolute Gasteiger partial charge is 0.416 e. The number of rotatable bonds is 9. The summed E-state index contributed by atoms with van der Waals surface area (Å²) in [6.45, 7) is 1.19. The Labute approximate surface area is 189 Å². The van der Waals surface area contributed by atoms with Crippen molar-refractivity contribution in [3.63, 3.8) is 0 Å². The fourth-order valence-electron chi connectivity index (χ4n) is 3.28. The lowest BCUT2D eigenvalue weighted by Gasteiger charge is -2.24. The van der Waals surface area contributed by atoms with Gasteiger partial charge in [-0.3, -0.25) is 0 Å². The number of hydrogen-bond acceptors (Lipinski definition) is 4. The van der Waals surface area contributed by atoms with Gasteiger partial charge in [-0.25, -0.2) is 9.78 Å². The monoisotopic (exact) mass is 462 g/mol.